The molecule has 1 saturated carbocycles. The first kappa shape index (κ1) is 18.8. The zero-order chi connectivity index (χ0) is 18.4. The predicted octanol–water partition coefficient (Wildman–Crippen LogP) is 3.00. The fraction of sp³-hybridized carbons (Fsp3) is 0.650. The van der Waals surface area contributed by atoms with Crippen LogP contribution in [0.3, 0.4) is 0 Å². The van der Waals surface area contributed by atoms with E-state index in [1.54, 1.807) is 29.4 Å². The van der Waals surface area contributed by atoms with E-state index in [4.69, 9.17) is 0 Å². The van der Waals surface area contributed by atoms with E-state index in [9.17, 15) is 9.59 Å². The first-order valence-corrected chi connectivity index (χ1v) is 9.71. The van der Waals surface area contributed by atoms with Gasteiger partial charge in [-0.2, -0.15) is 0 Å². The molecule has 0 aromatic carbocycles. The van der Waals surface area contributed by atoms with E-state index < -0.39 is 11.6 Å². The molecule has 1 saturated heterocycles. The number of carbonyl (C=O) groups is 2. The summed E-state index contributed by atoms with van der Waals surface area (Å²) in [5, 5.41) is 2.67. The molecule has 2 fully saturated rings. The topological polar surface area (TPSA) is 62.3 Å². The normalized spacial score (nSPS) is 20.6. The largest absolute Gasteiger partial charge is 0.349 e. The number of likely N-dealkylation sites (tertiary alicyclic amines) is 1. The van der Waals surface area contributed by atoms with Crippen LogP contribution in [0.15, 0.2) is 24.5 Å². The van der Waals surface area contributed by atoms with Crippen molar-refractivity contribution in [2.45, 2.75) is 63.6 Å². The molecular formula is C20H28FN3O2. The first-order valence-electron chi connectivity index (χ1n) is 9.71. The lowest BCUT2D eigenvalue weighted by molar-refractivity contribution is -0.142. The molecule has 1 aliphatic carbocycles. The first-order chi connectivity index (χ1) is 12.6. The van der Waals surface area contributed by atoms with Crippen molar-refractivity contribution in [1.29, 1.82) is 0 Å². The molecule has 1 aliphatic heterocycles. The molecule has 6 heteroatoms. The summed E-state index contributed by atoms with van der Waals surface area (Å²) in [5.74, 6) is 0.0295. The average molecular weight is 361 g/mol. The summed E-state index contributed by atoms with van der Waals surface area (Å²) in [5.41, 5.74) is -0.994. The second-order valence-corrected chi connectivity index (χ2v) is 7.59. The van der Waals surface area contributed by atoms with Gasteiger partial charge in [0, 0.05) is 51.3 Å². The van der Waals surface area contributed by atoms with Crippen LogP contribution in [-0.4, -0.2) is 40.5 Å². The van der Waals surface area contributed by atoms with Gasteiger partial charge < -0.3 is 10.2 Å². The van der Waals surface area contributed by atoms with Gasteiger partial charge in [0.15, 0.2) is 5.67 Å². The van der Waals surface area contributed by atoms with Crippen LogP contribution in [0.4, 0.5) is 4.39 Å². The maximum absolute atomic E-state index is 15.0. The van der Waals surface area contributed by atoms with Crippen LogP contribution in [0.5, 0.6) is 0 Å². The second-order valence-electron chi connectivity index (χ2n) is 7.59. The number of aromatic nitrogens is 1. The predicted molar refractivity (Wildman–Crippen MR) is 96.9 cm³/mol. The Balaban J connectivity index is 1.45. The zero-order valence-electron chi connectivity index (χ0n) is 15.3. The number of hydrogen-bond donors (Lipinski definition) is 1. The molecule has 2 aliphatic rings. The van der Waals surface area contributed by atoms with Gasteiger partial charge in [0.05, 0.1) is 0 Å². The van der Waals surface area contributed by atoms with Crippen molar-refractivity contribution in [2.24, 2.45) is 5.92 Å². The fourth-order valence-corrected chi connectivity index (χ4v) is 3.95. The Hall–Kier alpha value is -1.98. The summed E-state index contributed by atoms with van der Waals surface area (Å²) >= 11 is 0. The number of pyridine rings is 1. The van der Waals surface area contributed by atoms with E-state index in [2.05, 4.69) is 10.3 Å². The van der Waals surface area contributed by atoms with Gasteiger partial charge in [-0.05, 0) is 36.5 Å². The molecule has 142 valence electrons. The van der Waals surface area contributed by atoms with Crippen LogP contribution in [0.25, 0.3) is 0 Å². The van der Waals surface area contributed by atoms with E-state index in [1.807, 2.05) is 0 Å². The Morgan fingerprint density at radius 3 is 2.46 bits per heavy atom. The van der Waals surface area contributed by atoms with E-state index in [1.165, 1.54) is 19.3 Å². The summed E-state index contributed by atoms with van der Waals surface area (Å²) in [6, 6.07) is 3.58. The molecule has 5 nitrogen and oxygen atoms in total. The molecule has 3 rings (SSSR count). The highest BCUT2D eigenvalue weighted by Crippen LogP contribution is 2.30. The maximum Gasteiger partial charge on any atom is 0.258 e. The molecule has 0 spiro atoms. The minimum absolute atomic E-state index is 0.0750. The Kier molecular flexibility index (Phi) is 6.22. The van der Waals surface area contributed by atoms with Crippen molar-refractivity contribution >= 4 is 11.8 Å². The van der Waals surface area contributed by atoms with E-state index in [-0.39, 0.29) is 25.3 Å². The highest BCUT2D eigenvalue weighted by atomic mass is 19.1. The van der Waals surface area contributed by atoms with E-state index >= 15 is 4.39 Å². The fourth-order valence-electron chi connectivity index (χ4n) is 3.95. The van der Waals surface area contributed by atoms with Gasteiger partial charge in [0.25, 0.3) is 5.91 Å². The van der Waals surface area contributed by atoms with Crippen LogP contribution >= 0.6 is 0 Å². The zero-order valence-corrected chi connectivity index (χ0v) is 15.3. The van der Waals surface area contributed by atoms with Crippen LogP contribution in [-0.2, 0) is 16.1 Å². The molecule has 0 bridgehead atoms. The van der Waals surface area contributed by atoms with Gasteiger partial charge in [0.2, 0.25) is 5.91 Å². The van der Waals surface area contributed by atoms with Gasteiger partial charge in [-0.3, -0.25) is 14.6 Å². The van der Waals surface area contributed by atoms with Crippen LogP contribution in [0.2, 0.25) is 0 Å². The maximum atomic E-state index is 15.0. The van der Waals surface area contributed by atoms with Crippen molar-refractivity contribution in [3.63, 3.8) is 0 Å². The highest BCUT2D eigenvalue weighted by molar-refractivity contribution is 5.85. The Morgan fingerprint density at radius 1 is 1.15 bits per heavy atom. The van der Waals surface area contributed by atoms with E-state index in [0.29, 0.717) is 25.4 Å². The minimum Gasteiger partial charge on any atom is -0.349 e. The number of alkyl halides is 1. The number of carbonyl (C=O) groups excluding carboxylic acids is 2. The van der Waals surface area contributed by atoms with Crippen molar-refractivity contribution in [1.82, 2.24) is 15.2 Å². The lowest BCUT2D eigenvalue weighted by Crippen LogP contribution is -2.52. The minimum atomic E-state index is -1.88. The molecule has 2 amide bonds. The van der Waals surface area contributed by atoms with Gasteiger partial charge in [0.1, 0.15) is 0 Å². The second kappa shape index (κ2) is 8.60. The van der Waals surface area contributed by atoms with Crippen LogP contribution in [0.1, 0.15) is 56.9 Å². The van der Waals surface area contributed by atoms with Gasteiger partial charge >= 0.3 is 0 Å². The molecule has 2 heterocycles. The average Bonchev–Trinajstić information content (AvgIpc) is 2.68. The molecule has 26 heavy (non-hydrogen) atoms. The molecule has 0 unspecified atom stereocenters. The molecule has 1 aromatic rings. The molecule has 1 N–H and O–H groups in total. The summed E-state index contributed by atoms with van der Waals surface area (Å²) in [7, 11) is 0. The summed E-state index contributed by atoms with van der Waals surface area (Å²) in [4.78, 5) is 30.4. The number of hydrogen-bond acceptors (Lipinski definition) is 3. The highest BCUT2D eigenvalue weighted by Gasteiger charge is 2.42. The molecule has 0 radical (unpaired) electrons. The van der Waals surface area contributed by atoms with Crippen LogP contribution in [0, 0.1) is 5.92 Å². The molecular weight excluding hydrogens is 333 g/mol. The Bertz CT molecular complexity index is 609. The van der Waals surface area contributed by atoms with E-state index in [0.717, 1.165) is 18.4 Å². The molecule has 1 aromatic heterocycles. The number of amides is 2. The number of nitrogens with zero attached hydrogens (tertiary/aromatic N) is 2. The number of halogens is 1. The lowest BCUT2D eigenvalue weighted by Gasteiger charge is -2.36. The third kappa shape index (κ3) is 4.80. The standard InChI is InChI=1S/C20H28FN3O2/c21-20(19(26)23-15-17-6-10-22-11-7-17)8-12-24(13-9-20)18(25)14-16-4-2-1-3-5-16/h6-7,10-11,16H,1-5,8-9,12-15H2,(H,23,26). The quantitative estimate of drug-likeness (QED) is 0.877. The number of nitrogens with one attached hydrogen (secondary N) is 1. The number of piperidine rings is 1. The van der Waals surface area contributed by atoms with Crippen LogP contribution < -0.4 is 5.32 Å². The number of rotatable bonds is 5. The van der Waals surface area contributed by atoms with Gasteiger partial charge in [-0.1, -0.05) is 19.3 Å². The third-order valence-electron chi connectivity index (χ3n) is 5.71. The van der Waals surface area contributed by atoms with Crippen molar-refractivity contribution in [2.75, 3.05) is 13.1 Å². The SMILES string of the molecule is O=C(CC1CCCCC1)N1CCC(F)(C(=O)NCc2ccncc2)CC1. The third-order valence-corrected chi connectivity index (χ3v) is 5.71. The lowest BCUT2D eigenvalue weighted by atomic mass is 9.86. The summed E-state index contributed by atoms with van der Waals surface area (Å²) in [6.07, 6.45) is 9.96. The monoisotopic (exact) mass is 361 g/mol. The van der Waals surface area contributed by atoms with Crippen molar-refractivity contribution in [3.8, 4) is 0 Å². The van der Waals surface area contributed by atoms with Gasteiger partial charge in [-0.15, -0.1) is 0 Å². The van der Waals surface area contributed by atoms with Gasteiger partial charge in [-0.25, -0.2) is 4.39 Å². The van der Waals surface area contributed by atoms with Crippen molar-refractivity contribution in [3.05, 3.63) is 30.1 Å². The Morgan fingerprint density at radius 2 is 1.81 bits per heavy atom. The summed E-state index contributed by atoms with van der Waals surface area (Å²) < 4.78 is 15.0. The smallest absolute Gasteiger partial charge is 0.258 e. The molecule has 0 atom stereocenters. The van der Waals surface area contributed by atoms with Crippen molar-refractivity contribution < 1.29 is 14.0 Å². The Labute approximate surface area is 154 Å². The summed E-state index contributed by atoms with van der Waals surface area (Å²) in [6.45, 7) is 0.937.